The zero-order chi connectivity index (χ0) is 26.2. The van der Waals surface area contributed by atoms with Gasteiger partial charge >= 0.3 is 6.03 Å². The van der Waals surface area contributed by atoms with Crippen LogP contribution in [-0.4, -0.2) is 39.8 Å². The average molecular weight is 541 g/mol. The molecule has 9 nitrogen and oxygen atoms in total. The summed E-state index contributed by atoms with van der Waals surface area (Å²) in [5.74, 6) is 0. The molecule has 11 heteroatoms. The van der Waals surface area contributed by atoms with Crippen molar-refractivity contribution in [3.63, 3.8) is 0 Å². The lowest BCUT2D eigenvalue weighted by Gasteiger charge is -2.21. The highest BCUT2D eigenvalue weighted by Crippen LogP contribution is 2.38. The van der Waals surface area contributed by atoms with Gasteiger partial charge in [-0.3, -0.25) is 0 Å². The van der Waals surface area contributed by atoms with E-state index in [1.807, 2.05) is 10.8 Å². The Morgan fingerprint density at radius 1 is 0.973 bits per heavy atom. The summed E-state index contributed by atoms with van der Waals surface area (Å²) in [7, 11) is -8.04. The number of fused-ring (bicyclic) bond motifs is 2. The number of urea groups is 1. The van der Waals surface area contributed by atoms with Gasteiger partial charge in [-0.15, -0.1) is 0 Å². The van der Waals surface area contributed by atoms with Crippen LogP contribution in [0.4, 0.5) is 10.5 Å². The second kappa shape index (κ2) is 9.93. The zero-order valence-electron chi connectivity index (χ0n) is 20.2. The maximum Gasteiger partial charge on any atom is 0.333 e. The normalized spacial score (nSPS) is 19.5. The first-order chi connectivity index (χ1) is 17.7. The summed E-state index contributed by atoms with van der Waals surface area (Å²) in [4.78, 5) is 12.8. The molecule has 1 aliphatic heterocycles. The minimum absolute atomic E-state index is 0.0371. The van der Waals surface area contributed by atoms with Crippen LogP contribution in [0.15, 0.2) is 46.7 Å². The molecule has 37 heavy (non-hydrogen) atoms. The molecule has 1 atom stereocenters. The van der Waals surface area contributed by atoms with E-state index in [0.29, 0.717) is 18.4 Å². The molecule has 2 aliphatic carbocycles. The van der Waals surface area contributed by atoms with Crippen LogP contribution in [0.3, 0.4) is 0 Å². The molecule has 0 spiro atoms. The highest BCUT2D eigenvalue weighted by Gasteiger charge is 2.34. The fourth-order valence-electron chi connectivity index (χ4n) is 5.56. The molecule has 1 heterocycles. The standard InChI is InChI=1S/C26H28N4O5S2/c27-17-18-9-11-22(12-10-18)37(34,35)30-14-3-6-21(30)13-15-36(32,33)29-26(31)28-25-23-7-1-4-19(23)16-20-5-2-8-24(20)25/h9-13,15-16,21H,1-8,14H2,(H2,28,29,31)/b15-13+/t21-/m0/s1. The molecule has 1 saturated heterocycles. The van der Waals surface area contributed by atoms with Crippen molar-refractivity contribution in [3.8, 4) is 6.07 Å². The SMILES string of the molecule is N#Cc1ccc(S(=O)(=O)N2CCC[C@H]2/C=C/S(=O)(=O)NC(=O)Nc2c3c(cc4c2CCC4)CCC3)cc1. The summed E-state index contributed by atoms with van der Waals surface area (Å²) < 4.78 is 54.9. The lowest BCUT2D eigenvalue weighted by Crippen LogP contribution is -2.36. The predicted octanol–water partition coefficient (Wildman–Crippen LogP) is 3.35. The van der Waals surface area contributed by atoms with Crippen molar-refractivity contribution in [2.24, 2.45) is 0 Å². The van der Waals surface area contributed by atoms with E-state index < -0.39 is 32.1 Å². The maximum atomic E-state index is 13.1. The fourth-order valence-corrected chi connectivity index (χ4v) is 7.98. The number of carbonyl (C=O) groups excluding carboxylic acids is 1. The van der Waals surface area contributed by atoms with Gasteiger partial charge in [0.05, 0.1) is 16.5 Å². The van der Waals surface area contributed by atoms with Crippen molar-refractivity contribution >= 4 is 31.8 Å². The highest BCUT2D eigenvalue weighted by atomic mass is 32.2. The summed E-state index contributed by atoms with van der Waals surface area (Å²) in [6, 6.07) is 8.28. The van der Waals surface area contributed by atoms with Crippen LogP contribution >= 0.6 is 0 Å². The summed E-state index contributed by atoms with van der Waals surface area (Å²) in [6.07, 6.45) is 8.00. The van der Waals surface area contributed by atoms with Crippen LogP contribution in [-0.2, 0) is 45.7 Å². The van der Waals surface area contributed by atoms with Crippen molar-refractivity contribution in [2.75, 3.05) is 11.9 Å². The van der Waals surface area contributed by atoms with E-state index in [4.69, 9.17) is 5.26 Å². The number of sulfonamides is 2. The van der Waals surface area contributed by atoms with E-state index >= 15 is 0 Å². The van der Waals surface area contributed by atoms with Gasteiger partial charge in [0.15, 0.2) is 0 Å². The Bertz CT molecular complexity index is 1490. The van der Waals surface area contributed by atoms with Gasteiger partial charge in [0, 0.05) is 23.7 Å². The summed E-state index contributed by atoms with van der Waals surface area (Å²) >= 11 is 0. The molecule has 2 aromatic rings. The molecular weight excluding hydrogens is 512 g/mol. The van der Waals surface area contributed by atoms with Crippen LogP contribution in [0, 0.1) is 11.3 Å². The van der Waals surface area contributed by atoms with Gasteiger partial charge in [-0.05, 0) is 97.9 Å². The minimum atomic E-state index is -4.16. The Morgan fingerprint density at radius 2 is 1.62 bits per heavy atom. The molecule has 0 saturated carbocycles. The number of hydrogen-bond acceptors (Lipinski definition) is 6. The molecule has 3 aliphatic rings. The molecule has 5 rings (SSSR count). The molecular formula is C26H28N4O5S2. The Balaban J connectivity index is 1.29. The lowest BCUT2D eigenvalue weighted by molar-refractivity contribution is 0.256. The Hall–Kier alpha value is -3.20. The third-order valence-electron chi connectivity index (χ3n) is 7.26. The Morgan fingerprint density at radius 3 is 2.24 bits per heavy atom. The number of nitrogens with zero attached hydrogens (tertiary/aromatic N) is 2. The van der Waals surface area contributed by atoms with E-state index in [1.165, 1.54) is 45.8 Å². The Kier molecular flexibility index (Phi) is 6.83. The molecule has 0 bridgehead atoms. The van der Waals surface area contributed by atoms with E-state index in [2.05, 4.69) is 11.4 Å². The van der Waals surface area contributed by atoms with Gasteiger partial charge in [-0.2, -0.15) is 9.57 Å². The molecule has 0 unspecified atom stereocenters. The van der Waals surface area contributed by atoms with Gasteiger partial charge in [0.2, 0.25) is 10.0 Å². The predicted molar refractivity (Wildman–Crippen MR) is 139 cm³/mol. The van der Waals surface area contributed by atoms with Gasteiger partial charge in [0.1, 0.15) is 0 Å². The topological polar surface area (TPSA) is 136 Å². The van der Waals surface area contributed by atoms with Crippen molar-refractivity contribution in [1.29, 1.82) is 5.26 Å². The number of amides is 2. The smallest absolute Gasteiger partial charge is 0.307 e. The van der Waals surface area contributed by atoms with E-state index in [1.54, 1.807) is 0 Å². The molecule has 0 aromatic heterocycles. The lowest BCUT2D eigenvalue weighted by atomic mass is 9.99. The number of carbonyl (C=O) groups is 1. The average Bonchev–Trinajstić information content (AvgIpc) is 3.63. The third-order valence-corrected chi connectivity index (χ3v) is 10.2. The second-order valence-electron chi connectivity index (χ2n) is 9.63. The molecule has 2 N–H and O–H groups in total. The van der Waals surface area contributed by atoms with Crippen LogP contribution in [0.2, 0.25) is 0 Å². The van der Waals surface area contributed by atoms with Gasteiger partial charge in [-0.25, -0.2) is 26.4 Å². The third kappa shape index (κ3) is 5.14. The van der Waals surface area contributed by atoms with Crippen molar-refractivity contribution in [2.45, 2.75) is 62.3 Å². The van der Waals surface area contributed by atoms with Crippen molar-refractivity contribution in [3.05, 3.63) is 69.6 Å². The number of aryl methyl sites for hydroxylation is 2. The maximum absolute atomic E-state index is 13.1. The van der Waals surface area contributed by atoms with Gasteiger partial charge in [-0.1, -0.05) is 12.1 Å². The summed E-state index contributed by atoms with van der Waals surface area (Å²) in [6.45, 7) is 0.246. The summed E-state index contributed by atoms with van der Waals surface area (Å²) in [5.41, 5.74) is 5.73. The number of anilines is 1. The number of nitrogens with one attached hydrogen (secondary N) is 2. The van der Waals surface area contributed by atoms with Gasteiger partial charge < -0.3 is 5.32 Å². The molecule has 2 amide bonds. The quantitative estimate of drug-likeness (QED) is 0.577. The second-order valence-corrected chi connectivity index (χ2v) is 13.1. The molecule has 194 valence electrons. The van der Waals surface area contributed by atoms with E-state index in [9.17, 15) is 21.6 Å². The number of nitriles is 1. The number of benzene rings is 2. The van der Waals surface area contributed by atoms with Gasteiger partial charge in [0.25, 0.3) is 10.0 Å². The van der Waals surface area contributed by atoms with Crippen molar-refractivity contribution in [1.82, 2.24) is 9.03 Å². The molecule has 1 fully saturated rings. The van der Waals surface area contributed by atoms with E-state index in [-0.39, 0.29) is 11.4 Å². The fraction of sp³-hybridized carbons (Fsp3) is 0.385. The molecule has 0 radical (unpaired) electrons. The first-order valence-electron chi connectivity index (χ1n) is 12.4. The van der Waals surface area contributed by atoms with Crippen molar-refractivity contribution < 1.29 is 21.6 Å². The number of hydrogen-bond donors (Lipinski definition) is 2. The first kappa shape index (κ1) is 25.4. The van der Waals surface area contributed by atoms with Crippen LogP contribution in [0.25, 0.3) is 0 Å². The highest BCUT2D eigenvalue weighted by molar-refractivity contribution is 7.93. The first-order valence-corrected chi connectivity index (χ1v) is 15.4. The van der Waals surface area contributed by atoms with Crippen LogP contribution in [0.5, 0.6) is 0 Å². The zero-order valence-corrected chi connectivity index (χ0v) is 21.9. The van der Waals surface area contributed by atoms with Crippen LogP contribution < -0.4 is 10.0 Å². The molecule has 2 aromatic carbocycles. The van der Waals surface area contributed by atoms with Crippen LogP contribution in [0.1, 0.15) is 53.5 Å². The Labute approximate surface area is 217 Å². The largest absolute Gasteiger partial charge is 0.333 e. The summed E-state index contributed by atoms with van der Waals surface area (Å²) in [5, 5.41) is 12.6. The monoisotopic (exact) mass is 540 g/mol. The minimum Gasteiger partial charge on any atom is -0.307 e. The van der Waals surface area contributed by atoms with E-state index in [0.717, 1.165) is 60.7 Å². The number of rotatable bonds is 6.